The van der Waals surface area contributed by atoms with Gasteiger partial charge in [0.2, 0.25) is 5.90 Å². The number of halogens is 2. The van der Waals surface area contributed by atoms with Gasteiger partial charge in [-0.05, 0) is 24.3 Å². The number of aryl methyl sites for hydroxylation is 1. The van der Waals surface area contributed by atoms with Crippen LogP contribution < -0.4 is 5.73 Å². The highest BCUT2D eigenvalue weighted by Gasteiger charge is 2.15. The summed E-state index contributed by atoms with van der Waals surface area (Å²) >= 11 is 0. The Kier molecular flexibility index (Phi) is 5.32. The minimum atomic E-state index is -1.02. The van der Waals surface area contributed by atoms with E-state index < -0.39 is 23.3 Å². The molecule has 130 valence electrons. The Balaban J connectivity index is 2.14. The van der Waals surface area contributed by atoms with Crippen LogP contribution in [0.25, 0.3) is 11.3 Å². The van der Waals surface area contributed by atoms with Gasteiger partial charge in [0.25, 0.3) is 5.91 Å². The Morgan fingerprint density at radius 3 is 2.68 bits per heavy atom. The zero-order valence-corrected chi connectivity index (χ0v) is 13.1. The molecule has 0 bridgehead atoms. The maximum Gasteiger partial charge on any atom is 0.266 e. The van der Waals surface area contributed by atoms with Crippen molar-refractivity contribution in [2.45, 2.75) is 6.61 Å². The third kappa shape index (κ3) is 4.31. The van der Waals surface area contributed by atoms with Gasteiger partial charge in [-0.1, -0.05) is 5.21 Å². The third-order valence-corrected chi connectivity index (χ3v) is 3.17. The summed E-state index contributed by atoms with van der Waals surface area (Å²) in [5.41, 5.74) is 5.44. The molecule has 0 fully saturated rings. The average Bonchev–Trinajstić information content (AvgIpc) is 2.93. The monoisotopic (exact) mass is 348 g/mol. The number of primary amides is 1. The van der Waals surface area contributed by atoms with E-state index in [9.17, 15) is 13.6 Å². The summed E-state index contributed by atoms with van der Waals surface area (Å²) in [6.45, 7) is -0.134. The molecule has 0 unspecified atom stereocenters. The van der Waals surface area contributed by atoms with E-state index in [4.69, 9.17) is 21.3 Å². The summed E-state index contributed by atoms with van der Waals surface area (Å²) in [4.78, 5) is 10.7. The topological polar surface area (TPSA) is 131 Å². The highest BCUT2D eigenvalue weighted by Crippen LogP contribution is 2.23. The van der Waals surface area contributed by atoms with Crippen LogP contribution in [0.3, 0.4) is 0 Å². The predicted molar refractivity (Wildman–Crippen MR) is 84.9 cm³/mol. The third-order valence-electron chi connectivity index (χ3n) is 3.17. The smallest absolute Gasteiger partial charge is 0.266 e. The first-order valence-electron chi connectivity index (χ1n) is 6.91. The molecule has 0 spiro atoms. The van der Waals surface area contributed by atoms with Crippen LogP contribution in [0.1, 0.15) is 5.69 Å². The molecule has 25 heavy (non-hydrogen) atoms. The van der Waals surface area contributed by atoms with E-state index >= 15 is 0 Å². The van der Waals surface area contributed by atoms with E-state index in [1.807, 2.05) is 0 Å². The van der Waals surface area contributed by atoms with Gasteiger partial charge in [0, 0.05) is 18.7 Å². The number of nitrogens with two attached hydrogens (primary N) is 1. The molecule has 1 heterocycles. The number of amides is 1. The SMILES string of the molecule is Cn1nnc(-c2ccc(F)c(F)c2)c1COC(=N)C=CC(=N)C(N)=O. The molecule has 8 nitrogen and oxygen atoms in total. The summed E-state index contributed by atoms with van der Waals surface area (Å²) in [7, 11) is 1.58. The molecule has 0 aliphatic heterocycles. The number of hydrogen-bond donors (Lipinski definition) is 3. The van der Waals surface area contributed by atoms with Gasteiger partial charge >= 0.3 is 0 Å². The van der Waals surface area contributed by atoms with Crippen LogP contribution in [0, 0.1) is 22.5 Å². The van der Waals surface area contributed by atoms with Gasteiger partial charge in [-0.2, -0.15) is 0 Å². The van der Waals surface area contributed by atoms with Crippen LogP contribution in [0.15, 0.2) is 30.4 Å². The number of benzene rings is 1. The fourth-order valence-corrected chi connectivity index (χ4v) is 1.84. The van der Waals surface area contributed by atoms with E-state index in [0.717, 1.165) is 24.3 Å². The van der Waals surface area contributed by atoms with Crippen molar-refractivity contribution < 1.29 is 18.3 Å². The lowest BCUT2D eigenvalue weighted by Gasteiger charge is -2.07. The molecule has 0 saturated heterocycles. The molecule has 4 N–H and O–H groups in total. The molecule has 2 rings (SSSR count). The largest absolute Gasteiger partial charge is 0.471 e. The van der Waals surface area contributed by atoms with Gasteiger partial charge < -0.3 is 10.5 Å². The van der Waals surface area contributed by atoms with Crippen molar-refractivity contribution in [2.24, 2.45) is 12.8 Å². The summed E-state index contributed by atoms with van der Waals surface area (Å²) < 4.78 is 33.0. The molecular formula is C15H14F2N6O2. The van der Waals surface area contributed by atoms with E-state index in [0.29, 0.717) is 11.3 Å². The number of ether oxygens (including phenoxy) is 1. The average molecular weight is 348 g/mol. The number of rotatable bonds is 6. The Morgan fingerprint density at radius 2 is 2.04 bits per heavy atom. The van der Waals surface area contributed by atoms with E-state index in [-0.39, 0.29) is 18.2 Å². The number of carbonyl (C=O) groups is 1. The highest BCUT2D eigenvalue weighted by atomic mass is 19.2. The van der Waals surface area contributed by atoms with Crippen molar-refractivity contribution >= 4 is 17.5 Å². The Morgan fingerprint density at radius 1 is 1.32 bits per heavy atom. The fourth-order valence-electron chi connectivity index (χ4n) is 1.84. The number of nitrogens with zero attached hydrogens (tertiary/aromatic N) is 3. The first kappa shape index (κ1) is 17.9. The summed E-state index contributed by atoms with van der Waals surface area (Å²) in [5.74, 6) is -3.26. The maximum absolute atomic E-state index is 13.4. The van der Waals surface area contributed by atoms with Gasteiger partial charge in [0.05, 0.1) is 0 Å². The fraction of sp³-hybridized carbons (Fsp3) is 0.133. The van der Waals surface area contributed by atoms with Crippen LogP contribution in [0.5, 0.6) is 0 Å². The minimum Gasteiger partial charge on any atom is -0.471 e. The zero-order chi connectivity index (χ0) is 18.6. The quantitative estimate of drug-likeness (QED) is 0.536. The second-order valence-corrected chi connectivity index (χ2v) is 4.90. The normalized spacial score (nSPS) is 10.8. The molecule has 2 aromatic rings. The number of aromatic nitrogens is 3. The number of carbonyl (C=O) groups excluding carboxylic acids is 1. The second kappa shape index (κ2) is 7.43. The molecule has 0 radical (unpaired) electrons. The Labute approximate surface area is 140 Å². The van der Waals surface area contributed by atoms with Crippen LogP contribution in [-0.4, -0.2) is 32.5 Å². The van der Waals surface area contributed by atoms with Gasteiger partial charge in [-0.25, -0.2) is 13.5 Å². The highest BCUT2D eigenvalue weighted by molar-refractivity contribution is 6.41. The first-order valence-corrected chi connectivity index (χ1v) is 6.91. The summed E-state index contributed by atoms with van der Waals surface area (Å²) in [6, 6.07) is 3.32. The maximum atomic E-state index is 13.4. The van der Waals surface area contributed by atoms with E-state index in [1.165, 1.54) is 10.7 Å². The van der Waals surface area contributed by atoms with Crippen molar-refractivity contribution in [1.29, 1.82) is 10.8 Å². The van der Waals surface area contributed by atoms with Crippen molar-refractivity contribution in [3.05, 3.63) is 47.7 Å². The lowest BCUT2D eigenvalue weighted by atomic mass is 10.1. The molecule has 10 heteroatoms. The van der Waals surface area contributed by atoms with E-state index in [2.05, 4.69) is 10.3 Å². The van der Waals surface area contributed by atoms with Crippen LogP contribution in [0.2, 0.25) is 0 Å². The lowest BCUT2D eigenvalue weighted by molar-refractivity contribution is -0.111. The van der Waals surface area contributed by atoms with Crippen molar-refractivity contribution in [3.8, 4) is 11.3 Å². The van der Waals surface area contributed by atoms with Crippen LogP contribution >= 0.6 is 0 Å². The molecule has 0 atom stereocenters. The molecular weight excluding hydrogens is 334 g/mol. The van der Waals surface area contributed by atoms with Gasteiger partial charge in [-0.15, -0.1) is 5.10 Å². The van der Waals surface area contributed by atoms with E-state index in [1.54, 1.807) is 7.05 Å². The first-order chi connectivity index (χ1) is 11.8. The van der Waals surface area contributed by atoms with Crippen LogP contribution in [0.4, 0.5) is 8.78 Å². The van der Waals surface area contributed by atoms with Crippen molar-refractivity contribution in [3.63, 3.8) is 0 Å². The Hall–Kier alpha value is -3.43. The van der Waals surface area contributed by atoms with Gasteiger partial charge in [0.15, 0.2) is 11.6 Å². The zero-order valence-electron chi connectivity index (χ0n) is 13.1. The van der Waals surface area contributed by atoms with Gasteiger partial charge in [0.1, 0.15) is 23.7 Å². The summed E-state index contributed by atoms with van der Waals surface area (Å²) in [6.07, 6.45) is 2.12. The standard InChI is InChI=1S/C15H14F2N6O2/c1-23-12(7-25-13(19)5-4-11(18)15(20)24)14(21-22-23)8-2-3-9(16)10(17)6-8/h2-6,18-19H,7H2,1H3,(H2,20,24). The van der Waals surface area contributed by atoms with Gasteiger partial charge in [-0.3, -0.25) is 15.6 Å². The van der Waals surface area contributed by atoms with Crippen LogP contribution in [-0.2, 0) is 23.2 Å². The minimum absolute atomic E-state index is 0.134. The predicted octanol–water partition coefficient (Wildman–Crippen LogP) is 1.32. The molecule has 0 aliphatic carbocycles. The molecule has 1 amide bonds. The molecule has 1 aromatic carbocycles. The molecule has 0 aliphatic rings. The number of nitrogens with one attached hydrogen (secondary N) is 2. The molecule has 1 aromatic heterocycles. The number of hydrogen-bond acceptors (Lipinski definition) is 6. The second-order valence-electron chi connectivity index (χ2n) is 4.90. The molecule has 0 saturated carbocycles. The lowest BCUT2D eigenvalue weighted by Crippen LogP contribution is -2.20. The summed E-state index contributed by atoms with van der Waals surface area (Å²) in [5, 5.41) is 22.5. The Bertz CT molecular complexity index is 875. The van der Waals surface area contributed by atoms with Crippen molar-refractivity contribution in [2.75, 3.05) is 0 Å². The van der Waals surface area contributed by atoms with Crippen molar-refractivity contribution in [1.82, 2.24) is 15.0 Å².